The first-order chi connectivity index (χ1) is 15.1. The lowest BCUT2D eigenvalue weighted by molar-refractivity contribution is -0.119. The van der Waals surface area contributed by atoms with Crippen LogP contribution in [0, 0.1) is 5.41 Å². The van der Waals surface area contributed by atoms with Crippen LogP contribution in [-0.2, 0) is 11.3 Å². The van der Waals surface area contributed by atoms with Crippen LogP contribution in [-0.4, -0.2) is 48.7 Å². The molecule has 1 saturated heterocycles. The van der Waals surface area contributed by atoms with E-state index in [4.69, 9.17) is 15.2 Å². The van der Waals surface area contributed by atoms with E-state index in [9.17, 15) is 4.79 Å². The van der Waals surface area contributed by atoms with Crippen molar-refractivity contribution in [2.75, 3.05) is 42.8 Å². The molecule has 2 heterocycles. The summed E-state index contributed by atoms with van der Waals surface area (Å²) in [6, 6.07) is 8.14. The van der Waals surface area contributed by atoms with Gasteiger partial charge in [0.2, 0.25) is 5.91 Å². The van der Waals surface area contributed by atoms with Gasteiger partial charge in [-0.25, -0.2) is 0 Å². The molecule has 1 unspecified atom stereocenters. The molecule has 0 aliphatic carbocycles. The van der Waals surface area contributed by atoms with Gasteiger partial charge in [-0.2, -0.15) is 9.97 Å². The molecule has 1 aromatic heterocycles. The molecule has 174 valence electrons. The number of hydrogen-bond donors (Lipinski definition) is 3. The lowest BCUT2D eigenvalue weighted by Gasteiger charge is -2.23. The Balaban J connectivity index is 1.82. The lowest BCUT2D eigenvalue weighted by atomic mass is 9.99. The van der Waals surface area contributed by atoms with Gasteiger partial charge in [0.15, 0.2) is 11.6 Å². The van der Waals surface area contributed by atoms with Gasteiger partial charge in [-0.1, -0.05) is 32.9 Å². The fraction of sp³-hybridized carbons (Fsp3) is 0.522. The first-order valence-electron chi connectivity index (χ1n) is 10.8. The standard InChI is InChI=1S/C23H34N6O3/c1-15(30)26-17-10-11-29(13-17)21-19(24)20(27-22(28-21)32-14-23(2,3)4)25-12-16-6-8-18(31-5)9-7-16/h6-9,17H,10-14,24H2,1-5H3,(H,26,30)(H,25,27,28). The molecule has 0 radical (unpaired) electrons. The lowest BCUT2D eigenvalue weighted by Crippen LogP contribution is -2.36. The fourth-order valence-electron chi connectivity index (χ4n) is 3.45. The zero-order valence-electron chi connectivity index (χ0n) is 19.6. The van der Waals surface area contributed by atoms with E-state index in [0.29, 0.717) is 37.0 Å². The minimum Gasteiger partial charge on any atom is -0.497 e. The number of amides is 1. The number of benzene rings is 1. The summed E-state index contributed by atoms with van der Waals surface area (Å²) >= 11 is 0. The summed E-state index contributed by atoms with van der Waals surface area (Å²) in [6.45, 7) is 10.2. The largest absolute Gasteiger partial charge is 0.497 e. The maximum atomic E-state index is 11.4. The highest BCUT2D eigenvalue weighted by Crippen LogP contribution is 2.32. The van der Waals surface area contributed by atoms with Gasteiger partial charge in [0, 0.05) is 32.6 Å². The van der Waals surface area contributed by atoms with Crippen molar-refractivity contribution in [2.45, 2.75) is 46.7 Å². The van der Waals surface area contributed by atoms with Crippen LogP contribution in [0.15, 0.2) is 24.3 Å². The van der Waals surface area contributed by atoms with Crippen molar-refractivity contribution in [2.24, 2.45) is 5.41 Å². The molecule has 0 bridgehead atoms. The Labute approximate surface area is 189 Å². The molecule has 2 aromatic rings. The number of carbonyl (C=O) groups excluding carboxylic acids is 1. The van der Waals surface area contributed by atoms with Crippen molar-refractivity contribution in [3.05, 3.63) is 29.8 Å². The highest BCUT2D eigenvalue weighted by molar-refractivity contribution is 5.77. The number of ether oxygens (including phenoxy) is 2. The molecule has 4 N–H and O–H groups in total. The van der Waals surface area contributed by atoms with E-state index >= 15 is 0 Å². The minimum absolute atomic E-state index is 0.0360. The van der Waals surface area contributed by atoms with E-state index in [1.54, 1.807) is 7.11 Å². The second kappa shape index (κ2) is 9.93. The fourth-order valence-corrected chi connectivity index (χ4v) is 3.45. The van der Waals surface area contributed by atoms with Crippen molar-refractivity contribution in [3.8, 4) is 11.8 Å². The molecule has 0 spiro atoms. The Bertz CT molecular complexity index is 927. The van der Waals surface area contributed by atoms with Crippen LogP contribution < -0.4 is 30.7 Å². The van der Waals surface area contributed by atoms with E-state index in [1.807, 2.05) is 24.3 Å². The third kappa shape index (κ3) is 6.38. The number of nitrogen functional groups attached to an aromatic ring is 1. The van der Waals surface area contributed by atoms with E-state index in [2.05, 4.69) is 46.3 Å². The van der Waals surface area contributed by atoms with Crippen LogP contribution in [0.4, 0.5) is 17.3 Å². The molecule has 9 heteroatoms. The Morgan fingerprint density at radius 3 is 2.59 bits per heavy atom. The summed E-state index contributed by atoms with van der Waals surface area (Å²) < 4.78 is 11.1. The molecule has 1 aliphatic heterocycles. The van der Waals surface area contributed by atoms with Gasteiger partial charge in [0.25, 0.3) is 0 Å². The van der Waals surface area contributed by atoms with Crippen LogP contribution in [0.2, 0.25) is 0 Å². The van der Waals surface area contributed by atoms with Crippen molar-refractivity contribution in [3.63, 3.8) is 0 Å². The number of carbonyl (C=O) groups is 1. The quantitative estimate of drug-likeness (QED) is 0.572. The van der Waals surface area contributed by atoms with Crippen LogP contribution in [0.25, 0.3) is 0 Å². The topological polar surface area (TPSA) is 115 Å². The highest BCUT2D eigenvalue weighted by Gasteiger charge is 2.27. The molecule has 9 nitrogen and oxygen atoms in total. The third-order valence-corrected chi connectivity index (χ3v) is 5.05. The number of rotatable bonds is 8. The minimum atomic E-state index is -0.0384. The zero-order valence-corrected chi connectivity index (χ0v) is 19.6. The third-order valence-electron chi connectivity index (χ3n) is 5.05. The van der Waals surface area contributed by atoms with Gasteiger partial charge in [0.05, 0.1) is 13.7 Å². The number of aromatic nitrogens is 2. The Morgan fingerprint density at radius 2 is 1.97 bits per heavy atom. The molecule has 0 saturated carbocycles. The molecule has 1 atom stereocenters. The predicted molar refractivity (Wildman–Crippen MR) is 126 cm³/mol. The molecule has 1 amide bonds. The van der Waals surface area contributed by atoms with Crippen LogP contribution >= 0.6 is 0 Å². The van der Waals surface area contributed by atoms with E-state index in [-0.39, 0.29) is 23.4 Å². The molecule has 1 aromatic carbocycles. The Morgan fingerprint density at radius 1 is 1.25 bits per heavy atom. The number of nitrogens with zero attached hydrogens (tertiary/aromatic N) is 3. The Hall–Kier alpha value is -3.23. The molecule has 1 fully saturated rings. The van der Waals surface area contributed by atoms with Gasteiger partial charge in [0.1, 0.15) is 11.4 Å². The summed E-state index contributed by atoms with van der Waals surface area (Å²) in [7, 11) is 1.64. The van der Waals surface area contributed by atoms with Crippen molar-refractivity contribution in [1.29, 1.82) is 0 Å². The van der Waals surface area contributed by atoms with Gasteiger partial charge in [-0.05, 0) is 29.5 Å². The first-order valence-corrected chi connectivity index (χ1v) is 10.8. The number of anilines is 3. The monoisotopic (exact) mass is 442 g/mol. The van der Waals surface area contributed by atoms with Crippen LogP contribution in [0.3, 0.4) is 0 Å². The van der Waals surface area contributed by atoms with Gasteiger partial charge in [-0.15, -0.1) is 0 Å². The average Bonchev–Trinajstić information content (AvgIpc) is 3.19. The predicted octanol–water partition coefficient (Wildman–Crippen LogP) is 2.82. The summed E-state index contributed by atoms with van der Waals surface area (Å²) in [5, 5.41) is 6.29. The molecule has 1 aliphatic rings. The SMILES string of the molecule is COc1ccc(CNc2nc(OCC(C)(C)C)nc(N3CCC(NC(C)=O)C3)c2N)cc1. The van der Waals surface area contributed by atoms with Crippen molar-refractivity contribution in [1.82, 2.24) is 15.3 Å². The number of nitrogens with one attached hydrogen (secondary N) is 2. The molecule has 3 rings (SSSR count). The van der Waals surface area contributed by atoms with E-state index in [0.717, 1.165) is 24.3 Å². The number of hydrogen-bond acceptors (Lipinski definition) is 8. The normalized spacial score (nSPS) is 16.0. The zero-order chi connectivity index (χ0) is 23.3. The number of methoxy groups -OCH3 is 1. The van der Waals surface area contributed by atoms with Crippen LogP contribution in [0.1, 0.15) is 39.7 Å². The van der Waals surface area contributed by atoms with E-state index < -0.39 is 0 Å². The van der Waals surface area contributed by atoms with Crippen molar-refractivity contribution >= 4 is 23.2 Å². The summed E-state index contributed by atoms with van der Waals surface area (Å²) in [6.07, 6.45) is 0.829. The second-order valence-electron chi connectivity index (χ2n) is 9.28. The molecular formula is C23H34N6O3. The Kier molecular flexibility index (Phi) is 7.27. The van der Waals surface area contributed by atoms with E-state index in [1.165, 1.54) is 6.92 Å². The van der Waals surface area contributed by atoms with Gasteiger partial charge in [-0.3, -0.25) is 4.79 Å². The number of nitrogens with two attached hydrogens (primary N) is 1. The van der Waals surface area contributed by atoms with Crippen molar-refractivity contribution < 1.29 is 14.3 Å². The van der Waals surface area contributed by atoms with Gasteiger partial charge < -0.3 is 30.7 Å². The molecular weight excluding hydrogens is 408 g/mol. The summed E-state index contributed by atoms with van der Waals surface area (Å²) in [5.41, 5.74) is 7.97. The average molecular weight is 443 g/mol. The highest BCUT2D eigenvalue weighted by atomic mass is 16.5. The smallest absolute Gasteiger partial charge is 0.320 e. The maximum absolute atomic E-state index is 11.4. The second-order valence-corrected chi connectivity index (χ2v) is 9.28. The summed E-state index contributed by atoms with van der Waals surface area (Å²) in [5.74, 6) is 1.91. The van der Waals surface area contributed by atoms with Crippen LogP contribution in [0.5, 0.6) is 11.8 Å². The first kappa shape index (κ1) is 23.4. The van der Waals surface area contributed by atoms with Gasteiger partial charge >= 0.3 is 6.01 Å². The molecule has 32 heavy (non-hydrogen) atoms. The maximum Gasteiger partial charge on any atom is 0.320 e. The summed E-state index contributed by atoms with van der Waals surface area (Å²) in [4.78, 5) is 22.6.